The lowest BCUT2D eigenvalue weighted by molar-refractivity contribution is 0.292. The van der Waals surface area contributed by atoms with Crippen LogP contribution in [0.3, 0.4) is 0 Å². The fraction of sp³-hybridized carbons (Fsp3) is 0.429. The Hall–Kier alpha value is -1.51. The zero-order valence-electron chi connectivity index (χ0n) is 14.8. The van der Waals surface area contributed by atoms with E-state index in [0.29, 0.717) is 0 Å². The van der Waals surface area contributed by atoms with Gasteiger partial charge in [-0.15, -0.1) is 0 Å². The van der Waals surface area contributed by atoms with E-state index >= 15 is 0 Å². The van der Waals surface area contributed by atoms with Gasteiger partial charge in [0.05, 0.1) is 0 Å². The average molecular weight is 343 g/mol. The summed E-state index contributed by atoms with van der Waals surface area (Å²) >= 11 is 5.97. The zero-order valence-corrected chi connectivity index (χ0v) is 15.5. The molecule has 1 aliphatic heterocycles. The molecular formula is C21H27ClN2. The van der Waals surface area contributed by atoms with Gasteiger partial charge in [-0.2, -0.15) is 0 Å². The van der Waals surface area contributed by atoms with Crippen molar-refractivity contribution in [2.75, 3.05) is 19.6 Å². The third kappa shape index (κ3) is 4.31. The average Bonchev–Trinajstić information content (AvgIpc) is 2.92. The van der Waals surface area contributed by atoms with Crippen molar-refractivity contribution in [2.24, 2.45) is 0 Å². The summed E-state index contributed by atoms with van der Waals surface area (Å²) < 4.78 is 2.43. The lowest BCUT2D eigenvalue weighted by atomic mass is 9.99. The molecule has 0 N–H and O–H groups in total. The van der Waals surface area contributed by atoms with E-state index in [1.54, 1.807) is 0 Å². The zero-order chi connectivity index (χ0) is 16.9. The Morgan fingerprint density at radius 1 is 0.917 bits per heavy atom. The van der Waals surface area contributed by atoms with E-state index in [2.05, 4.69) is 53.7 Å². The molecule has 24 heavy (non-hydrogen) atoms. The van der Waals surface area contributed by atoms with Crippen molar-refractivity contribution in [3.8, 4) is 0 Å². The van der Waals surface area contributed by atoms with E-state index in [9.17, 15) is 0 Å². The summed E-state index contributed by atoms with van der Waals surface area (Å²) in [4.78, 5) is 2.56. The van der Waals surface area contributed by atoms with Crippen LogP contribution in [0, 0.1) is 13.8 Å². The highest BCUT2D eigenvalue weighted by atomic mass is 35.5. The van der Waals surface area contributed by atoms with E-state index in [1.807, 2.05) is 12.1 Å². The second-order valence-corrected chi connectivity index (χ2v) is 7.20. The van der Waals surface area contributed by atoms with Gasteiger partial charge in [0.15, 0.2) is 0 Å². The Morgan fingerprint density at radius 2 is 1.58 bits per heavy atom. The summed E-state index contributed by atoms with van der Waals surface area (Å²) in [5.41, 5.74) is 5.53. The third-order valence-corrected chi connectivity index (χ3v) is 5.28. The number of benzene rings is 1. The molecule has 128 valence electrons. The predicted molar refractivity (Wildman–Crippen MR) is 104 cm³/mol. The molecule has 0 aliphatic carbocycles. The maximum atomic E-state index is 5.97. The molecule has 0 saturated heterocycles. The molecule has 2 aromatic rings. The number of nitrogens with zero attached hydrogens (tertiary/aromatic N) is 2. The van der Waals surface area contributed by atoms with Crippen molar-refractivity contribution < 1.29 is 0 Å². The minimum absolute atomic E-state index is 0.810. The standard InChI is InChI=1S/C21H27ClN2/c1-17-5-6-18(2)24(17)14-4-3-13-23-15-11-20(12-16-23)19-7-9-21(22)10-8-19/h5-11H,3-4,12-16H2,1-2H3. The van der Waals surface area contributed by atoms with Crippen molar-refractivity contribution in [1.29, 1.82) is 0 Å². The van der Waals surface area contributed by atoms with Gasteiger partial charge in [-0.3, -0.25) is 4.90 Å². The number of hydrogen-bond donors (Lipinski definition) is 0. The van der Waals surface area contributed by atoms with E-state index in [4.69, 9.17) is 11.6 Å². The van der Waals surface area contributed by atoms with Crippen LogP contribution in [0.5, 0.6) is 0 Å². The molecular weight excluding hydrogens is 316 g/mol. The van der Waals surface area contributed by atoms with Crippen LogP contribution in [-0.4, -0.2) is 29.1 Å². The summed E-state index contributed by atoms with van der Waals surface area (Å²) in [6, 6.07) is 12.6. The monoisotopic (exact) mass is 342 g/mol. The number of halogens is 1. The molecule has 0 amide bonds. The third-order valence-electron chi connectivity index (χ3n) is 5.03. The van der Waals surface area contributed by atoms with Gasteiger partial charge < -0.3 is 4.57 Å². The number of aromatic nitrogens is 1. The van der Waals surface area contributed by atoms with Crippen LogP contribution < -0.4 is 0 Å². The second kappa shape index (κ2) is 8.04. The van der Waals surface area contributed by atoms with Gasteiger partial charge in [-0.25, -0.2) is 0 Å². The molecule has 0 spiro atoms. The van der Waals surface area contributed by atoms with Crippen LogP contribution in [0.25, 0.3) is 5.57 Å². The highest BCUT2D eigenvalue weighted by Crippen LogP contribution is 2.23. The van der Waals surface area contributed by atoms with Gasteiger partial charge >= 0.3 is 0 Å². The lowest BCUT2D eigenvalue weighted by Gasteiger charge is -2.26. The van der Waals surface area contributed by atoms with Crippen LogP contribution in [0.4, 0.5) is 0 Å². The molecule has 0 atom stereocenters. The van der Waals surface area contributed by atoms with E-state index in [1.165, 1.54) is 41.9 Å². The predicted octanol–water partition coefficient (Wildman–Crippen LogP) is 5.33. The van der Waals surface area contributed by atoms with Crippen LogP contribution in [0.2, 0.25) is 5.02 Å². The highest BCUT2D eigenvalue weighted by Gasteiger charge is 2.12. The van der Waals surface area contributed by atoms with Crippen molar-refractivity contribution in [3.05, 3.63) is 64.4 Å². The van der Waals surface area contributed by atoms with Gasteiger partial charge in [0.25, 0.3) is 0 Å². The summed E-state index contributed by atoms with van der Waals surface area (Å²) in [5, 5.41) is 0.810. The van der Waals surface area contributed by atoms with Gasteiger partial charge in [0, 0.05) is 36.0 Å². The van der Waals surface area contributed by atoms with Crippen LogP contribution >= 0.6 is 11.6 Å². The number of rotatable bonds is 6. The fourth-order valence-corrected chi connectivity index (χ4v) is 3.62. The van der Waals surface area contributed by atoms with Crippen LogP contribution in [0.15, 0.2) is 42.5 Å². The number of aryl methyl sites for hydroxylation is 2. The summed E-state index contributed by atoms with van der Waals surface area (Å²) in [6.07, 6.45) is 6.03. The normalized spacial score (nSPS) is 15.5. The maximum absolute atomic E-state index is 5.97. The largest absolute Gasteiger partial charge is 0.349 e. The molecule has 2 heterocycles. The topological polar surface area (TPSA) is 8.17 Å². The molecule has 1 aromatic carbocycles. The van der Waals surface area contributed by atoms with Crippen LogP contribution in [0.1, 0.15) is 36.2 Å². The Balaban J connectivity index is 1.43. The molecule has 0 saturated carbocycles. The maximum Gasteiger partial charge on any atom is 0.0406 e. The summed E-state index contributed by atoms with van der Waals surface area (Å²) in [6.45, 7) is 8.96. The molecule has 1 aliphatic rings. The minimum atomic E-state index is 0.810. The van der Waals surface area contributed by atoms with E-state index < -0.39 is 0 Å². The van der Waals surface area contributed by atoms with Crippen molar-refractivity contribution in [1.82, 2.24) is 9.47 Å². The van der Waals surface area contributed by atoms with Gasteiger partial charge in [-0.05, 0) is 75.1 Å². The van der Waals surface area contributed by atoms with Gasteiger partial charge in [-0.1, -0.05) is 29.8 Å². The number of hydrogen-bond acceptors (Lipinski definition) is 1. The first-order valence-corrected chi connectivity index (χ1v) is 9.31. The molecule has 3 heteroatoms. The second-order valence-electron chi connectivity index (χ2n) is 6.76. The van der Waals surface area contributed by atoms with Gasteiger partial charge in [0.2, 0.25) is 0 Å². The Labute approximate surface area is 150 Å². The van der Waals surface area contributed by atoms with Crippen molar-refractivity contribution in [3.63, 3.8) is 0 Å². The lowest BCUT2D eigenvalue weighted by Crippen LogP contribution is -2.29. The highest BCUT2D eigenvalue weighted by molar-refractivity contribution is 6.30. The molecule has 1 aromatic heterocycles. The molecule has 0 bridgehead atoms. The fourth-order valence-electron chi connectivity index (χ4n) is 3.50. The van der Waals surface area contributed by atoms with Crippen LogP contribution in [-0.2, 0) is 6.54 Å². The quantitative estimate of drug-likeness (QED) is 0.644. The summed E-state index contributed by atoms with van der Waals surface area (Å²) in [5.74, 6) is 0. The molecule has 0 radical (unpaired) electrons. The van der Waals surface area contributed by atoms with Crippen molar-refractivity contribution in [2.45, 2.75) is 39.7 Å². The molecule has 0 unspecified atom stereocenters. The minimum Gasteiger partial charge on any atom is -0.349 e. The molecule has 3 rings (SSSR count). The first-order chi connectivity index (χ1) is 11.6. The first-order valence-electron chi connectivity index (χ1n) is 8.93. The number of unbranched alkanes of at least 4 members (excludes halogenated alkanes) is 1. The Kier molecular flexibility index (Phi) is 5.80. The SMILES string of the molecule is Cc1ccc(C)n1CCCCN1CC=C(c2ccc(Cl)cc2)CC1. The smallest absolute Gasteiger partial charge is 0.0406 e. The van der Waals surface area contributed by atoms with E-state index in [-0.39, 0.29) is 0 Å². The van der Waals surface area contributed by atoms with E-state index in [0.717, 1.165) is 31.1 Å². The summed E-state index contributed by atoms with van der Waals surface area (Å²) in [7, 11) is 0. The Bertz CT molecular complexity index is 678. The Morgan fingerprint density at radius 3 is 2.21 bits per heavy atom. The van der Waals surface area contributed by atoms with Gasteiger partial charge in [0.1, 0.15) is 0 Å². The van der Waals surface area contributed by atoms with Crippen molar-refractivity contribution >= 4 is 17.2 Å². The molecule has 0 fully saturated rings. The molecule has 2 nitrogen and oxygen atoms in total. The first kappa shape index (κ1) is 17.3.